The summed E-state index contributed by atoms with van der Waals surface area (Å²) in [7, 11) is 0. The first-order valence-electron chi connectivity index (χ1n) is 4.73. The average molecular weight is 228 g/mol. The van der Waals surface area contributed by atoms with Crippen molar-refractivity contribution in [3.63, 3.8) is 0 Å². The quantitative estimate of drug-likeness (QED) is 0.780. The maximum atomic E-state index is 11.9. The fourth-order valence-electron chi connectivity index (χ4n) is 1.47. The van der Waals surface area contributed by atoms with E-state index in [1.807, 2.05) is 0 Å². The summed E-state index contributed by atoms with van der Waals surface area (Å²) in [5, 5.41) is 9.03. The van der Waals surface area contributed by atoms with Crippen LogP contribution in [0.25, 0.3) is 0 Å². The largest absolute Gasteiger partial charge is 0.391 e. The van der Waals surface area contributed by atoms with Crippen LogP contribution in [0, 0.1) is 0 Å². The van der Waals surface area contributed by atoms with E-state index >= 15 is 0 Å². The summed E-state index contributed by atoms with van der Waals surface area (Å²) in [6.45, 7) is 2.22. The van der Waals surface area contributed by atoms with Crippen LogP contribution in [-0.4, -0.2) is 47.2 Å². The van der Waals surface area contributed by atoms with Crippen LogP contribution in [0.5, 0.6) is 0 Å². The molecule has 2 rings (SSSR count). The van der Waals surface area contributed by atoms with Gasteiger partial charge in [-0.05, 0) is 0 Å². The molecule has 0 spiro atoms. The Hall–Kier alpha value is -0.980. The van der Waals surface area contributed by atoms with E-state index in [-0.39, 0.29) is 12.5 Å². The van der Waals surface area contributed by atoms with E-state index in [1.54, 1.807) is 10.4 Å². The Balaban J connectivity index is 2.12. The van der Waals surface area contributed by atoms with E-state index in [2.05, 4.69) is 4.98 Å². The van der Waals surface area contributed by atoms with Gasteiger partial charge in [0.1, 0.15) is 5.69 Å². The smallest absolute Gasteiger partial charge is 0.273 e. The molecule has 1 aromatic rings. The van der Waals surface area contributed by atoms with Gasteiger partial charge in [0, 0.05) is 13.1 Å². The summed E-state index contributed by atoms with van der Waals surface area (Å²) >= 11 is 1.30. The van der Waals surface area contributed by atoms with Crippen LogP contribution >= 0.6 is 11.3 Å². The van der Waals surface area contributed by atoms with Crippen molar-refractivity contribution in [1.29, 1.82) is 0 Å². The summed E-state index contributed by atoms with van der Waals surface area (Å²) < 4.78 is 5.16. The van der Waals surface area contributed by atoms with Gasteiger partial charge >= 0.3 is 0 Å². The Morgan fingerprint density at radius 1 is 1.60 bits per heavy atom. The van der Waals surface area contributed by atoms with Gasteiger partial charge in [-0.3, -0.25) is 4.79 Å². The summed E-state index contributed by atoms with van der Waals surface area (Å²) in [6, 6.07) is 0. The molecule has 1 aliphatic heterocycles. The van der Waals surface area contributed by atoms with Crippen LogP contribution in [0.15, 0.2) is 5.51 Å². The molecule has 1 N–H and O–H groups in total. The number of amides is 1. The van der Waals surface area contributed by atoms with E-state index in [4.69, 9.17) is 9.84 Å². The SMILES string of the molecule is O=C(c1ncsc1CO)N1CCOCC1. The lowest BCUT2D eigenvalue weighted by atomic mass is 10.3. The molecule has 0 aliphatic carbocycles. The minimum atomic E-state index is -0.129. The predicted molar refractivity (Wildman–Crippen MR) is 54.8 cm³/mol. The summed E-state index contributed by atoms with van der Waals surface area (Å²) in [6.07, 6.45) is 0. The number of morpholine rings is 1. The molecule has 0 atom stereocenters. The third kappa shape index (κ3) is 2.17. The van der Waals surface area contributed by atoms with Crippen LogP contribution in [0.1, 0.15) is 15.4 Å². The molecule has 0 radical (unpaired) electrons. The van der Waals surface area contributed by atoms with E-state index in [9.17, 15) is 4.79 Å². The summed E-state index contributed by atoms with van der Waals surface area (Å²) in [5.74, 6) is -0.108. The Kier molecular flexibility index (Phi) is 3.30. The molecule has 0 bridgehead atoms. The van der Waals surface area contributed by atoms with Gasteiger partial charge in [-0.15, -0.1) is 11.3 Å². The second-order valence-corrected chi connectivity index (χ2v) is 4.13. The third-order valence-electron chi connectivity index (χ3n) is 2.29. The van der Waals surface area contributed by atoms with Gasteiger partial charge in [0.15, 0.2) is 0 Å². The number of carbonyl (C=O) groups is 1. The Bertz CT molecular complexity index is 347. The van der Waals surface area contributed by atoms with Crippen molar-refractivity contribution in [3.05, 3.63) is 16.1 Å². The minimum Gasteiger partial charge on any atom is -0.391 e. The first kappa shape index (κ1) is 10.5. The predicted octanol–water partition coefficient (Wildman–Crippen LogP) is 0.108. The van der Waals surface area contributed by atoms with Crippen molar-refractivity contribution < 1.29 is 14.6 Å². The van der Waals surface area contributed by atoms with Gasteiger partial charge in [-0.25, -0.2) is 4.98 Å². The molecule has 6 heteroatoms. The van der Waals surface area contributed by atoms with Gasteiger partial charge in [0.25, 0.3) is 5.91 Å². The Morgan fingerprint density at radius 2 is 2.33 bits per heavy atom. The van der Waals surface area contributed by atoms with Crippen LogP contribution < -0.4 is 0 Å². The molecule has 0 saturated carbocycles. The molecule has 0 aromatic carbocycles. The second kappa shape index (κ2) is 4.69. The number of nitrogens with zero attached hydrogens (tertiary/aromatic N) is 2. The highest BCUT2D eigenvalue weighted by Crippen LogP contribution is 2.15. The Labute approximate surface area is 91.3 Å². The maximum absolute atomic E-state index is 11.9. The highest BCUT2D eigenvalue weighted by Gasteiger charge is 2.22. The van der Waals surface area contributed by atoms with E-state index in [0.29, 0.717) is 36.9 Å². The van der Waals surface area contributed by atoms with Crippen molar-refractivity contribution >= 4 is 17.2 Å². The first-order chi connectivity index (χ1) is 7.33. The monoisotopic (exact) mass is 228 g/mol. The lowest BCUT2D eigenvalue weighted by molar-refractivity contribution is 0.0298. The average Bonchev–Trinajstić information content (AvgIpc) is 2.77. The van der Waals surface area contributed by atoms with Gasteiger partial charge in [0.05, 0.1) is 30.2 Å². The van der Waals surface area contributed by atoms with Crippen LogP contribution in [-0.2, 0) is 11.3 Å². The van der Waals surface area contributed by atoms with Crippen molar-refractivity contribution in [3.8, 4) is 0 Å². The lowest BCUT2D eigenvalue weighted by Crippen LogP contribution is -2.41. The molecule has 1 aromatic heterocycles. The number of rotatable bonds is 2. The molecule has 0 unspecified atom stereocenters. The molecule has 82 valence electrons. The van der Waals surface area contributed by atoms with Gasteiger partial charge in [-0.2, -0.15) is 0 Å². The molecular weight excluding hydrogens is 216 g/mol. The normalized spacial score (nSPS) is 16.7. The maximum Gasteiger partial charge on any atom is 0.273 e. The van der Waals surface area contributed by atoms with E-state index in [0.717, 1.165) is 0 Å². The van der Waals surface area contributed by atoms with Crippen molar-refractivity contribution in [1.82, 2.24) is 9.88 Å². The van der Waals surface area contributed by atoms with E-state index in [1.165, 1.54) is 11.3 Å². The minimum absolute atomic E-state index is 0.108. The topological polar surface area (TPSA) is 62.7 Å². The zero-order valence-electron chi connectivity index (χ0n) is 8.18. The van der Waals surface area contributed by atoms with Crippen molar-refractivity contribution in [2.24, 2.45) is 0 Å². The zero-order valence-corrected chi connectivity index (χ0v) is 9.00. The number of thiazole rings is 1. The fraction of sp³-hybridized carbons (Fsp3) is 0.556. The van der Waals surface area contributed by atoms with Crippen LogP contribution in [0.2, 0.25) is 0 Å². The highest BCUT2D eigenvalue weighted by atomic mass is 32.1. The van der Waals surface area contributed by atoms with Crippen LogP contribution in [0.3, 0.4) is 0 Å². The van der Waals surface area contributed by atoms with E-state index < -0.39 is 0 Å². The molecule has 15 heavy (non-hydrogen) atoms. The number of aromatic nitrogens is 1. The Morgan fingerprint density at radius 3 is 3.00 bits per heavy atom. The molecule has 1 saturated heterocycles. The number of hydrogen-bond acceptors (Lipinski definition) is 5. The zero-order chi connectivity index (χ0) is 10.7. The van der Waals surface area contributed by atoms with Crippen molar-refractivity contribution in [2.75, 3.05) is 26.3 Å². The standard InChI is InChI=1S/C9H12N2O3S/c12-5-7-8(10-6-15-7)9(13)11-1-3-14-4-2-11/h6,12H,1-5H2. The molecular formula is C9H12N2O3S. The number of aliphatic hydroxyl groups is 1. The summed E-state index contributed by atoms with van der Waals surface area (Å²) in [4.78, 5) is 18.3. The molecule has 1 fully saturated rings. The van der Waals surface area contributed by atoms with Gasteiger partial charge < -0.3 is 14.7 Å². The number of hydrogen-bond donors (Lipinski definition) is 1. The highest BCUT2D eigenvalue weighted by molar-refractivity contribution is 7.09. The lowest BCUT2D eigenvalue weighted by Gasteiger charge is -2.26. The molecule has 1 amide bonds. The van der Waals surface area contributed by atoms with Gasteiger partial charge in [0.2, 0.25) is 0 Å². The van der Waals surface area contributed by atoms with Gasteiger partial charge in [-0.1, -0.05) is 0 Å². The van der Waals surface area contributed by atoms with Crippen LogP contribution in [0.4, 0.5) is 0 Å². The third-order valence-corrected chi connectivity index (χ3v) is 3.10. The van der Waals surface area contributed by atoms with Crippen molar-refractivity contribution in [2.45, 2.75) is 6.61 Å². The fourth-order valence-corrected chi connectivity index (χ4v) is 2.08. The second-order valence-electron chi connectivity index (χ2n) is 3.19. The molecule has 5 nitrogen and oxygen atoms in total. The summed E-state index contributed by atoms with van der Waals surface area (Å²) in [5.41, 5.74) is 1.96. The molecule has 1 aliphatic rings. The number of carbonyl (C=O) groups excluding carboxylic acids is 1. The first-order valence-corrected chi connectivity index (χ1v) is 5.61. The number of ether oxygens (including phenoxy) is 1. The number of aliphatic hydroxyl groups excluding tert-OH is 1. The molecule has 2 heterocycles.